The van der Waals surface area contributed by atoms with E-state index in [1.165, 1.54) is 0 Å². The fraction of sp³-hybridized carbons (Fsp3) is 0.417. The number of likely N-dealkylation sites (N-methyl/N-ethyl adjacent to an activating group) is 1. The molecule has 0 radical (unpaired) electrons. The Kier molecular flexibility index (Phi) is 6.08. The second kappa shape index (κ2) is 7.09. The zero-order chi connectivity index (χ0) is 13.7. The van der Waals surface area contributed by atoms with Gasteiger partial charge in [0.1, 0.15) is 6.04 Å². The van der Waals surface area contributed by atoms with Gasteiger partial charge in [-0.15, -0.1) is 0 Å². The van der Waals surface area contributed by atoms with Crippen molar-refractivity contribution in [3.63, 3.8) is 0 Å². The highest BCUT2D eigenvalue weighted by atomic mass is 79.9. The molecule has 0 aliphatic rings. The molecule has 1 aromatic carbocycles. The van der Waals surface area contributed by atoms with Crippen molar-refractivity contribution in [1.29, 1.82) is 0 Å². The highest BCUT2D eigenvalue weighted by Crippen LogP contribution is 2.26. The van der Waals surface area contributed by atoms with Crippen LogP contribution in [0.4, 0.5) is 0 Å². The van der Waals surface area contributed by atoms with Gasteiger partial charge in [-0.25, -0.2) is 0 Å². The van der Waals surface area contributed by atoms with Crippen LogP contribution in [0.25, 0.3) is 0 Å². The van der Waals surface area contributed by atoms with Gasteiger partial charge >= 0.3 is 5.97 Å². The smallest absolute Gasteiger partial charge is 0.325 e. The molecular formula is C12H16BrClN2O2. The Morgan fingerprint density at radius 3 is 2.78 bits per heavy atom. The number of carbonyl (C=O) groups is 1. The lowest BCUT2D eigenvalue weighted by Crippen LogP contribution is -2.34. The second-order valence-electron chi connectivity index (χ2n) is 4.19. The third-order valence-electron chi connectivity index (χ3n) is 2.42. The quantitative estimate of drug-likeness (QED) is 0.838. The van der Waals surface area contributed by atoms with Crippen molar-refractivity contribution in [2.24, 2.45) is 0 Å². The lowest BCUT2D eigenvalue weighted by molar-refractivity contribution is -0.139. The third kappa shape index (κ3) is 4.57. The van der Waals surface area contributed by atoms with Gasteiger partial charge in [-0.05, 0) is 37.9 Å². The van der Waals surface area contributed by atoms with Crippen LogP contribution in [0, 0.1) is 0 Å². The molecule has 2 N–H and O–H groups in total. The molecule has 0 fully saturated rings. The van der Waals surface area contributed by atoms with E-state index in [2.05, 4.69) is 21.2 Å². The first kappa shape index (κ1) is 15.4. The number of hydrogen-bond acceptors (Lipinski definition) is 3. The molecule has 0 saturated heterocycles. The molecule has 1 unspecified atom stereocenters. The minimum Gasteiger partial charge on any atom is -0.480 e. The maximum Gasteiger partial charge on any atom is 0.325 e. The number of rotatable bonds is 6. The molecule has 1 rings (SSSR count). The monoisotopic (exact) mass is 334 g/mol. The molecule has 100 valence electrons. The van der Waals surface area contributed by atoms with Gasteiger partial charge in [0.25, 0.3) is 0 Å². The van der Waals surface area contributed by atoms with Crippen LogP contribution in [0.15, 0.2) is 22.7 Å². The lowest BCUT2D eigenvalue weighted by atomic mass is 10.1. The summed E-state index contributed by atoms with van der Waals surface area (Å²) in [4.78, 5) is 13.3. The summed E-state index contributed by atoms with van der Waals surface area (Å²) in [6, 6.07) is 4.36. The minimum absolute atomic E-state index is 0.522. The summed E-state index contributed by atoms with van der Waals surface area (Å²) in [7, 11) is 3.87. The minimum atomic E-state index is -0.920. The number of nitrogens with zero attached hydrogens (tertiary/aromatic N) is 1. The Bertz CT molecular complexity index is 427. The van der Waals surface area contributed by atoms with E-state index in [1.807, 2.05) is 19.0 Å². The van der Waals surface area contributed by atoms with Gasteiger partial charge in [0.15, 0.2) is 0 Å². The van der Waals surface area contributed by atoms with Crippen molar-refractivity contribution in [1.82, 2.24) is 10.2 Å². The summed E-state index contributed by atoms with van der Waals surface area (Å²) in [5.41, 5.74) is 0.633. The normalized spacial score (nSPS) is 12.7. The molecule has 0 aliphatic carbocycles. The number of aliphatic carboxylic acids is 1. The molecule has 1 aromatic rings. The van der Waals surface area contributed by atoms with E-state index in [4.69, 9.17) is 11.6 Å². The fourth-order valence-electron chi connectivity index (χ4n) is 1.50. The first-order valence-electron chi connectivity index (χ1n) is 5.47. The summed E-state index contributed by atoms with van der Waals surface area (Å²) in [6.07, 6.45) is 0. The molecular weight excluding hydrogens is 320 g/mol. The molecule has 0 bridgehead atoms. The van der Waals surface area contributed by atoms with E-state index in [9.17, 15) is 9.90 Å². The van der Waals surface area contributed by atoms with E-state index in [1.54, 1.807) is 18.2 Å². The standard InChI is InChI=1S/C12H16BrClN2O2/c1-16(2)6-5-15-11(12(17)18)9-7-8(14)3-4-10(9)13/h3-4,7,11,15H,5-6H2,1-2H3,(H,17,18). The first-order valence-corrected chi connectivity index (χ1v) is 6.64. The average molecular weight is 336 g/mol. The van der Waals surface area contributed by atoms with Crippen LogP contribution >= 0.6 is 27.5 Å². The van der Waals surface area contributed by atoms with Crippen molar-refractivity contribution in [3.8, 4) is 0 Å². The summed E-state index contributed by atoms with van der Waals surface area (Å²) < 4.78 is 0.733. The second-order valence-corrected chi connectivity index (χ2v) is 5.49. The average Bonchev–Trinajstić information content (AvgIpc) is 2.27. The van der Waals surface area contributed by atoms with Crippen molar-refractivity contribution in [3.05, 3.63) is 33.3 Å². The van der Waals surface area contributed by atoms with Crippen molar-refractivity contribution in [2.75, 3.05) is 27.2 Å². The molecule has 0 aromatic heterocycles. The Hall–Kier alpha value is -0.620. The van der Waals surface area contributed by atoms with Crippen LogP contribution in [0.3, 0.4) is 0 Å². The number of nitrogens with one attached hydrogen (secondary N) is 1. The largest absolute Gasteiger partial charge is 0.480 e. The van der Waals surface area contributed by atoms with Crippen LogP contribution in [-0.4, -0.2) is 43.2 Å². The predicted molar refractivity (Wildman–Crippen MR) is 76.1 cm³/mol. The van der Waals surface area contributed by atoms with Crippen LogP contribution in [0.5, 0.6) is 0 Å². The number of carboxylic acid groups (broad SMARTS) is 1. The molecule has 0 aliphatic heterocycles. The van der Waals surface area contributed by atoms with Crippen LogP contribution in [0.1, 0.15) is 11.6 Å². The van der Waals surface area contributed by atoms with Gasteiger partial charge in [-0.1, -0.05) is 27.5 Å². The molecule has 4 nitrogen and oxygen atoms in total. The summed E-state index contributed by atoms with van der Waals surface area (Å²) in [5, 5.41) is 12.8. The van der Waals surface area contributed by atoms with Crippen molar-refractivity contribution >= 4 is 33.5 Å². The molecule has 0 heterocycles. The van der Waals surface area contributed by atoms with Gasteiger partial charge in [0.05, 0.1) is 0 Å². The fourth-order valence-corrected chi connectivity index (χ4v) is 2.15. The molecule has 1 atom stereocenters. The highest BCUT2D eigenvalue weighted by molar-refractivity contribution is 9.10. The number of carboxylic acids is 1. The van der Waals surface area contributed by atoms with Gasteiger partial charge in [-0.2, -0.15) is 0 Å². The number of hydrogen-bond donors (Lipinski definition) is 2. The van der Waals surface area contributed by atoms with E-state index < -0.39 is 12.0 Å². The highest BCUT2D eigenvalue weighted by Gasteiger charge is 2.21. The van der Waals surface area contributed by atoms with E-state index in [0.717, 1.165) is 11.0 Å². The van der Waals surface area contributed by atoms with E-state index in [-0.39, 0.29) is 0 Å². The number of halogens is 2. The summed E-state index contributed by atoms with van der Waals surface area (Å²) >= 11 is 9.25. The Balaban J connectivity index is 2.84. The summed E-state index contributed by atoms with van der Waals surface area (Å²) in [6.45, 7) is 1.35. The number of benzene rings is 1. The predicted octanol–water partition coefficient (Wildman–Crippen LogP) is 2.38. The van der Waals surface area contributed by atoms with Gasteiger partial charge in [0, 0.05) is 22.6 Å². The van der Waals surface area contributed by atoms with Crippen molar-refractivity contribution in [2.45, 2.75) is 6.04 Å². The zero-order valence-electron chi connectivity index (χ0n) is 10.3. The maximum absolute atomic E-state index is 11.3. The first-order chi connectivity index (χ1) is 8.41. The molecule has 6 heteroatoms. The van der Waals surface area contributed by atoms with Crippen molar-refractivity contribution < 1.29 is 9.90 Å². The lowest BCUT2D eigenvalue weighted by Gasteiger charge is -2.18. The van der Waals surface area contributed by atoms with Crippen LogP contribution in [-0.2, 0) is 4.79 Å². The van der Waals surface area contributed by atoms with Gasteiger partial charge in [-0.3, -0.25) is 10.1 Å². The van der Waals surface area contributed by atoms with E-state index in [0.29, 0.717) is 17.1 Å². The third-order valence-corrected chi connectivity index (χ3v) is 3.38. The Morgan fingerprint density at radius 1 is 1.56 bits per heavy atom. The Labute approximate surface area is 120 Å². The molecule has 18 heavy (non-hydrogen) atoms. The molecule has 0 saturated carbocycles. The SMILES string of the molecule is CN(C)CCNC(C(=O)O)c1cc(Cl)ccc1Br. The van der Waals surface area contributed by atoms with Crippen LogP contribution in [0.2, 0.25) is 5.02 Å². The summed E-state index contributed by atoms with van der Waals surface area (Å²) in [5.74, 6) is -0.920. The van der Waals surface area contributed by atoms with Crippen LogP contribution < -0.4 is 5.32 Å². The Morgan fingerprint density at radius 2 is 2.22 bits per heavy atom. The van der Waals surface area contributed by atoms with E-state index >= 15 is 0 Å². The molecule has 0 amide bonds. The van der Waals surface area contributed by atoms with Gasteiger partial charge < -0.3 is 10.0 Å². The molecule has 0 spiro atoms. The topological polar surface area (TPSA) is 52.6 Å². The van der Waals surface area contributed by atoms with Gasteiger partial charge in [0.2, 0.25) is 0 Å². The zero-order valence-corrected chi connectivity index (χ0v) is 12.6. The maximum atomic E-state index is 11.3.